The Bertz CT molecular complexity index is 555. The van der Waals surface area contributed by atoms with Gasteiger partial charge in [0.25, 0.3) is 0 Å². The molecular formula is C15H20BrN3O. The standard InChI is InChI=1S/C15H20BrN3O/c1-3-15(4-2,10-17)14-18-13(19-20-14)9-11-7-5-6-8-12(11)16/h5-8H,3-4,9-10,17H2,1-2H3. The third kappa shape index (κ3) is 2.94. The molecule has 0 fully saturated rings. The molecule has 2 rings (SSSR count). The van der Waals surface area contributed by atoms with E-state index in [2.05, 4.69) is 46.0 Å². The number of rotatable bonds is 6. The highest BCUT2D eigenvalue weighted by Crippen LogP contribution is 2.29. The minimum Gasteiger partial charge on any atom is -0.339 e. The Morgan fingerprint density at radius 1 is 1.25 bits per heavy atom. The first-order valence-electron chi connectivity index (χ1n) is 6.91. The monoisotopic (exact) mass is 337 g/mol. The smallest absolute Gasteiger partial charge is 0.234 e. The summed E-state index contributed by atoms with van der Waals surface area (Å²) in [6.45, 7) is 4.73. The second-order valence-electron chi connectivity index (χ2n) is 4.98. The summed E-state index contributed by atoms with van der Waals surface area (Å²) < 4.78 is 6.52. The molecule has 0 radical (unpaired) electrons. The van der Waals surface area contributed by atoms with E-state index < -0.39 is 0 Å². The molecule has 0 atom stereocenters. The quantitative estimate of drug-likeness (QED) is 0.876. The second kappa shape index (κ2) is 6.50. The van der Waals surface area contributed by atoms with Gasteiger partial charge in [-0.15, -0.1) is 0 Å². The zero-order valence-electron chi connectivity index (χ0n) is 11.9. The van der Waals surface area contributed by atoms with Gasteiger partial charge in [-0.25, -0.2) is 0 Å². The van der Waals surface area contributed by atoms with Crippen LogP contribution in [0.4, 0.5) is 0 Å². The zero-order valence-corrected chi connectivity index (χ0v) is 13.5. The van der Waals surface area contributed by atoms with Gasteiger partial charge in [0.05, 0.1) is 5.41 Å². The van der Waals surface area contributed by atoms with Crippen molar-refractivity contribution >= 4 is 15.9 Å². The SMILES string of the molecule is CCC(CC)(CN)c1nc(Cc2ccccc2Br)no1. The third-order valence-electron chi connectivity index (χ3n) is 3.97. The van der Waals surface area contributed by atoms with E-state index >= 15 is 0 Å². The largest absolute Gasteiger partial charge is 0.339 e. The predicted octanol–water partition coefficient (Wildman–Crippen LogP) is 3.44. The molecule has 0 amide bonds. The average Bonchev–Trinajstić information content (AvgIpc) is 2.93. The maximum absolute atomic E-state index is 5.91. The minimum absolute atomic E-state index is 0.195. The van der Waals surface area contributed by atoms with Crippen molar-refractivity contribution in [3.8, 4) is 0 Å². The van der Waals surface area contributed by atoms with Crippen molar-refractivity contribution in [3.63, 3.8) is 0 Å². The van der Waals surface area contributed by atoms with E-state index in [0.29, 0.717) is 24.7 Å². The van der Waals surface area contributed by atoms with E-state index in [9.17, 15) is 0 Å². The highest BCUT2D eigenvalue weighted by Gasteiger charge is 2.33. The molecule has 0 aliphatic carbocycles. The highest BCUT2D eigenvalue weighted by molar-refractivity contribution is 9.10. The summed E-state index contributed by atoms with van der Waals surface area (Å²) in [6, 6.07) is 8.06. The summed E-state index contributed by atoms with van der Waals surface area (Å²) >= 11 is 3.53. The Balaban J connectivity index is 2.23. The fourth-order valence-electron chi connectivity index (χ4n) is 2.28. The van der Waals surface area contributed by atoms with E-state index in [1.807, 2.05) is 18.2 Å². The maximum Gasteiger partial charge on any atom is 0.234 e. The lowest BCUT2D eigenvalue weighted by Gasteiger charge is -2.24. The normalized spacial score (nSPS) is 11.8. The van der Waals surface area contributed by atoms with E-state index in [1.54, 1.807) is 0 Å². The van der Waals surface area contributed by atoms with Crippen molar-refractivity contribution in [2.75, 3.05) is 6.54 Å². The van der Waals surface area contributed by atoms with Crippen LogP contribution in [0.25, 0.3) is 0 Å². The van der Waals surface area contributed by atoms with Crippen LogP contribution in [0.15, 0.2) is 33.3 Å². The average molecular weight is 338 g/mol. The Labute approximate surface area is 127 Å². The third-order valence-corrected chi connectivity index (χ3v) is 4.75. The molecule has 0 spiro atoms. The molecule has 0 saturated carbocycles. The van der Waals surface area contributed by atoms with E-state index in [1.165, 1.54) is 0 Å². The Morgan fingerprint density at radius 3 is 2.55 bits per heavy atom. The molecule has 1 aromatic carbocycles. The molecule has 5 heteroatoms. The predicted molar refractivity (Wildman–Crippen MR) is 82.6 cm³/mol. The molecule has 4 nitrogen and oxygen atoms in total. The first-order chi connectivity index (χ1) is 9.65. The molecule has 2 N–H and O–H groups in total. The molecule has 0 aliphatic heterocycles. The Hall–Kier alpha value is -1.20. The highest BCUT2D eigenvalue weighted by atomic mass is 79.9. The molecule has 1 aromatic heterocycles. The lowest BCUT2D eigenvalue weighted by Crippen LogP contribution is -2.34. The first kappa shape index (κ1) is 15.2. The van der Waals surface area contributed by atoms with E-state index in [0.717, 1.165) is 22.9 Å². The van der Waals surface area contributed by atoms with Gasteiger partial charge in [-0.3, -0.25) is 0 Å². The fraction of sp³-hybridized carbons (Fsp3) is 0.467. The molecule has 108 valence electrons. The van der Waals surface area contributed by atoms with Crippen LogP contribution < -0.4 is 5.73 Å². The van der Waals surface area contributed by atoms with E-state index in [4.69, 9.17) is 10.3 Å². The summed E-state index contributed by atoms with van der Waals surface area (Å²) in [5.74, 6) is 1.36. The number of nitrogens with zero attached hydrogens (tertiary/aromatic N) is 2. The number of hydrogen-bond acceptors (Lipinski definition) is 4. The second-order valence-corrected chi connectivity index (χ2v) is 5.83. The number of hydrogen-bond donors (Lipinski definition) is 1. The van der Waals surface area contributed by atoms with Crippen LogP contribution in [0, 0.1) is 0 Å². The van der Waals surface area contributed by atoms with Crippen LogP contribution >= 0.6 is 15.9 Å². The number of halogens is 1. The summed E-state index contributed by atoms with van der Waals surface area (Å²) in [5.41, 5.74) is 6.86. The van der Waals surface area contributed by atoms with Crippen LogP contribution in [-0.4, -0.2) is 16.7 Å². The van der Waals surface area contributed by atoms with Crippen LogP contribution in [0.1, 0.15) is 44.0 Å². The van der Waals surface area contributed by atoms with Gasteiger partial charge in [0, 0.05) is 17.4 Å². The van der Waals surface area contributed by atoms with Crippen LogP contribution in [0.2, 0.25) is 0 Å². The molecule has 0 bridgehead atoms. The zero-order chi connectivity index (χ0) is 14.6. The van der Waals surface area contributed by atoms with Gasteiger partial charge in [0.15, 0.2) is 5.82 Å². The summed E-state index contributed by atoms with van der Waals surface area (Å²) in [4.78, 5) is 4.55. The Kier molecular flexibility index (Phi) is 4.94. The fourth-order valence-corrected chi connectivity index (χ4v) is 2.71. The number of aromatic nitrogens is 2. The van der Waals surface area contributed by atoms with Gasteiger partial charge in [-0.05, 0) is 24.5 Å². The van der Waals surface area contributed by atoms with Gasteiger partial charge >= 0.3 is 0 Å². The lowest BCUT2D eigenvalue weighted by atomic mass is 9.82. The molecular weight excluding hydrogens is 318 g/mol. The molecule has 2 aromatic rings. The van der Waals surface area contributed by atoms with Crippen molar-refractivity contribution in [1.29, 1.82) is 0 Å². The molecule has 0 saturated heterocycles. The van der Waals surface area contributed by atoms with E-state index in [-0.39, 0.29) is 5.41 Å². The van der Waals surface area contributed by atoms with Crippen molar-refractivity contribution < 1.29 is 4.52 Å². The summed E-state index contributed by atoms with van der Waals surface area (Å²) in [6.07, 6.45) is 2.45. The van der Waals surface area contributed by atoms with Gasteiger partial charge in [-0.2, -0.15) is 4.98 Å². The lowest BCUT2D eigenvalue weighted by molar-refractivity contribution is 0.266. The van der Waals surface area contributed by atoms with Gasteiger partial charge in [0.2, 0.25) is 5.89 Å². The molecule has 1 heterocycles. The minimum atomic E-state index is -0.195. The van der Waals surface area contributed by atoms with Gasteiger partial charge in [-0.1, -0.05) is 53.1 Å². The van der Waals surface area contributed by atoms with Crippen molar-refractivity contribution in [2.24, 2.45) is 5.73 Å². The Morgan fingerprint density at radius 2 is 1.95 bits per heavy atom. The van der Waals surface area contributed by atoms with Crippen molar-refractivity contribution in [2.45, 2.75) is 38.5 Å². The van der Waals surface area contributed by atoms with Crippen molar-refractivity contribution in [1.82, 2.24) is 10.1 Å². The summed E-state index contributed by atoms with van der Waals surface area (Å²) in [7, 11) is 0. The van der Waals surface area contributed by atoms with Gasteiger partial charge in [0.1, 0.15) is 0 Å². The van der Waals surface area contributed by atoms with Crippen LogP contribution in [0.3, 0.4) is 0 Å². The molecule has 0 unspecified atom stereocenters. The summed E-state index contributed by atoms with van der Waals surface area (Å²) in [5, 5.41) is 4.10. The maximum atomic E-state index is 5.91. The van der Waals surface area contributed by atoms with Crippen LogP contribution in [0.5, 0.6) is 0 Å². The van der Waals surface area contributed by atoms with Crippen LogP contribution in [-0.2, 0) is 11.8 Å². The molecule has 0 aliphatic rings. The number of benzene rings is 1. The number of nitrogens with two attached hydrogens (primary N) is 1. The van der Waals surface area contributed by atoms with Crippen molar-refractivity contribution in [3.05, 3.63) is 46.0 Å². The molecule has 20 heavy (non-hydrogen) atoms. The topological polar surface area (TPSA) is 64.9 Å². The van der Waals surface area contributed by atoms with Gasteiger partial charge < -0.3 is 10.3 Å². The first-order valence-corrected chi connectivity index (χ1v) is 7.71.